The van der Waals surface area contributed by atoms with E-state index in [9.17, 15) is 0 Å². The number of thioether (sulfide) groups is 1. The van der Waals surface area contributed by atoms with Crippen LogP contribution in [0.3, 0.4) is 0 Å². The molecule has 1 saturated heterocycles. The van der Waals surface area contributed by atoms with Crippen LogP contribution in [0, 0.1) is 0 Å². The van der Waals surface area contributed by atoms with Crippen LogP contribution >= 0.6 is 35.7 Å². The van der Waals surface area contributed by atoms with E-state index in [-0.39, 0.29) is 28.7 Å². The lowest BCUT2D eigenvalue weighted by Crippen LogP contribution is -2.51. The van der Waals surface area contributed by atoms with Crippen molar-refractivity contribution in [1.82, 2.24) is 10.2 Å². The van der Waals surface area contributed by atoms with Crippen molar-refractivity contribution < 1.29 is 9.47 Å². The van der Waals surface area contributed by atoms with Gasteiger partial charge in [-0.3, -0.25) is 4.99 Å². The molecule has 0 aromatic heterocycles. The number of aliphatic imine (C=N–C) groups is 1. The second-order valence-corrected chi connectivity index (χ2v) is 8.17. The fourth-order valence-electron chi connectivity index (χ4n) is 2.77. The average Bonchev–Trinajstić information content (AvgIpc) is 2.57. The molecule has 0 amide bonds. The number of nitrogens with one attached hydrogen (secondary N) is 1. The Balaban J connectivity index is 0.00000312. The molecule has 1 N–H and O–H groups in total. The number of guanidine groups is 1. The van der Waals surface area contributed by atoms with Crippen molar-refractivity contribution in [2.24, 2.45) is 4.99 Å². The summed E-state index contributed by atoms with van der Waals surface area (Å²) < 4.78 is 11.4. The average molecular weight is 479 g/mol. The summed E-state index contributed by atoms with van der Waals surface area (Å²) in [5, 5.41) is 3.40. The van der Waals surface area contributed by atoms with Crippen LogP contribution in [0.15, 0.2) is 29.3 Å². The Hall–Kier alpha value is -0.670. The van der Waals surface area contributed by atoms with Gasteiger partial charge in [-0.25, -0.2) is 0 Å². The Morgan fingerprint density at radius 2 is 2.12 bits per heavy atom. The summed E-state index contributed by atoms with van der Waals surface area (Å²) in [6.07, 6.45) is 0. The summed E-state index contributed by atoms with van der Waals surface area (Å²) in [5.41, 5.74) is 1.07. The van der Waals surface area contributed by atoms with Gasteiger partial charge in [0, 0.05) is 42.7 Å². The summed E-state index contributed by atoms with van der Waals surface area (Å²) in [4.78, 5) is 6.74. The summed E-state index contributed by atoms with van der Waals surface area (Å²) >= 11 is 2.02. The van der Waals surface area contributed by atoms with Gasteiger partial charge < -0.3 is 19.7 Å². The summed E-state index contributed by atoms with van der Waals surface area (Å²) in [6, 6.07) is 7.94. The highest BCUT2D eigenvalue weighted by atomic mass is 127. The Kier molecular flexibility index (Phi) is 9.96. The third-order valence-electron chi connectivity index (χ3n) is 3.92. The summed E-state index contributed by atoms with van der Waals surface area (Å²) in [7, 11) is 3.52. The molecule has 0 spiro atoms. The number of hydrogen-bond donors (Lipinski definition) is 1. The van der Waals surface area contributed by atoms with E-state index in [0.717, 1.165) is 42.7 Å². The van der Waals surface area contributed by atoms with Gasteiger partial charge in [-0.15, -0.1) is 24.0 Å². The smallest absolute Gasteiger partial charge is 0.193 e. The first-order chi connectivity index (χ1) is 11.6. The normalized spacial score (nSPS) is 17.0. The maximum absolute atomic E-state index is 5.77. The van der Waals surface area contributed by atoms with E-state index in [2.05, 4.69) is 29.1 Å². The van der Waals surface area contributed by atoms with Crippen molar-refractivity contribution in [3.05, 3.63) is 29.8 Å². The molecule has 0 aliphatic carbocycles. The number of ether oxygens (including phenoxy) is 2. The molecule has 5 nitrogen and oxygen atoms in total. The number of para-hydroxylation sites is 1. The van der Waals surface area contributed by atoms with Crippen molar-refractivity contribution in [2.75, 3.05) is 46.2 Å². The molecule has 1 heterocycles. The highest BCUT2D eigenvalue weighted by Gasteiger charge is 2.28. The van der Waals surface area contributed by atoms with Gasteiger partial charge in [0.1, 0.15) is 5.75 Å². The molecular formula is C18H30IN3O2S. The van der Waals surface area contributed by atoms with E-state index in [0.29, 0.717) is 13.2 Å². The molecule has 25 heavy (non-hydrogen) atoms. The van der Waals surface area contributed by atoms with Crippen LogP contribution in [0.25, 0.3) is 0 Å². The Morgan fingerprint density at radius 1 is 1.36 bits per heavy atom. The zero-order valence-corrected chi connectivity index (χ0v) is 18.7. The molecule has 2 rings (SSSR count). The number of rotatable bonds is 6. The van der Waals surface area contributed by atoms with Gasteiger partial charge in [0.25, 0.3) is 0 Å². The van der Waals surface area contributed by atoms with Crippen LogP contribution < -0.4 is 10.1 Å². The third kappa shape index (κ3) is 7.22. The predicted octanol–water partition coefficient (Wildman–Crippen LogP) is 3.23. The predicted molar refractivity (Wildman–Crippen MR) is 118 cm³/mol. The monoisotopic (exact) mass is 479 g/mol. The minimum Gasteiger partial charge on any atom is -0.496 e. The summed E-state index contributed by atoms with van der Waals surface area (Å²) in [6.45, 7) is 8.54. The third-order valence-corrected chi connectivity index (χ3v) is 5.21. The minimum absolute atomic E-state index is 0. The largest absolute Gasteiger partial charge is 0.496 e. The van der Waals surface area contributed by atoms with Crippen molar-refractivity contribution in [1.29, 1.82) is 0 Å². The van der Waals surface area contributed by atoms with Crippen LogP contribution in [0.1, 0.15) is 19.4 Å². The first kappa shape index (κ1) is 22.4. The van der Waals surface area contributed by atoms with Crippen molar-refractivity contribution in [3.63, 3.8) is 0 Å². The molecule has 142 valence electrons. The lowest BCUT2D eigenvalue weighted by Gasteiger charge is -2.39. The maximum Gasteiger partial charge on any atom is 0.193 e. The molecule has 1 aliphatic heterocycles. The molecule has 1 aromatic carbocycles. The highest BCUT2D eigenvalue weighted by Crippen LogP contribution is 2.29. The van der Waals surface area contributed by atoms with E-state index in [4.69, 9.17) is 9.47 Å². The molecule has 1 aromatic rings. The van der Waals surface area contributed by atoms with Gasteiger partial charge in [0.2, 0.25) is 0 Å². The second kappa shape index (κ2) is 11.1. The fourth-order valence-corrected chi connectivity index (χ4v) is 3.88. The van der Waals surface area contributed by atoms with Gasteiger partial charge in [-0.1, -0.05) is 18.2 Å². The SMILES string of the molecule is CN=C(NCCOCc1ccccc1OC)N1CCSC(C)(C)C1.I. The summed E-state index contributed by atoms with van der Waals surface area (Å²) in [5.74, 6) is 2.97. The van der Waals surface area contributed by atoms with Crippen molar-refractivity contribution >= 4 is 41.7 Å². The number of methoxy groups -OCH3 is 1. The lowest BCUT2D eigenvalue weighted by atomic mass is 10.2. The standard InChI is InChI=1S/C18H29N3O2S.HI/c1-18(2)14-21(10-12-24-18)17(19-3)20-9-11-23-13-15-7-5-6-8-16(15)22-4;/h5-8H,9-14H2,1-4H3,(H,19,20);1H. The van der Waals surface area contributed by atoms with Crippen LogP contribution in [0.2, 0.25) is 0 Å². The molecule has 0 saturated carbocycles. The quantitative estimate of drug-likeness (QED) is 0.294. The Labute approximate surface area is 173 Å². The Morgan fingerprint density at radius 3 is 2.80 bits per heavy atom. The number of hydrogen-bond acceptors (Lipinski definition) is 4. The van der Waals surface area contributed by atoms with Gasteiger partial charge in [0.05, 0.1) is 20.3 Å². The molecule has 0 atom stereocenters. The molecule has 1 aliphatic rings. The Bertz CT molecular complexity index is 555. The van der Waals surface area contributed by atoms with Crippen LogP contribution in [0.4, 0.5) is 0 Å². The molecule has 7 heteroatoms. The molecular weight excluding hydrogens is 449 g/mol. The van der Waals surface area contributed by atoms with Crippen LogP contribution in [-0.2, 0) is 11.3 Å². The fraction of sp³-hybridized carbons (Fsp3) is 0.611. The topological polar surface area (TPSA) is 46.1 Å². The van der Waals surface area contributed by atoms with E-state index in [1.165, 1.54) is 0 Å². The zero-order chi connectivity index (χ0) is 17.4. The van der Waals surface area contributed by atoms with E-state index in [1.807, 2.05) is 43.1 Å². The van der Waals surface area contributed by atoms with Gasteiger partial charge in [0.15, 0.2) is 5.96 Å². The first-order valence-electron chi connectivity index (χ1n) is 8.35. The van der Waals surface area contributed by atoms with Gasteiger partial charge in [-0.05, 0) is 19.9 Å². The van der Waals surface area contributed by atoms with Gasteiger partial charge in [-0.2, -0.15) is 11.8 Å². The molecule has 0 radical (unpaired) electrons. The number of nitrogens with zero attached hydrogens (tertiary/aromatic N) is 2. The minimum atomic E-state index is 0. The van der Waals surface area contributed by atoms with Crippen LogP contribution in [0.5, 0.6) is 5.75 Å². The zero-order valence-electron chi connectivity index (χ0n) is 15.6. The van der Waals surface area contributed by atoms with Crippen molar-refractivity contribution in [3.8, 4) is 5.75 Å². The number of benzene rings is 1. The van der Waals surface area contributed by atoms with E-state index < -0.39 is 0 Å². The van der Waals surface area contributed by atoms with Crippen molar-refractivity contribution in [2.45, 2.75) is 25.2 Å². The lowest BCUT2D eigenvalue weighted by molar-refractivity contribution is 0.123. The van der Waals surface area contributed by atoms with Crippen LogP contribution in [-0.4, -0.2) is 61.8 Å². The van der Waals surface area contributed by atoms with E-state index in [1.54, 1.807) is 7.11 Å². The number of halogens is 1. The van der Waals surface area contributed by atoms with Gasteiger partial charge >= 0.3 is 0 Å². The first-order valence-corrected chi connectivity index (χ1v) is 9.33. The molecule has 0 bridgehead atoms. The second-order valence-electron chi connectivity index (χ2n) is 6.37. The molecule has 1 fully saturated rings. The highest BCUT2D eigenvalue weighted by molar-refractivity contribution is 14.0. The van der Waals surface area contributed by atoms with E-state index >= 15 is 0 Å². The maximum atomic E-state index is 5.77. The molecule has 0 unspecified atom stereocenters.